The maximum Gasteiger partial charge on any atom is 0.395 e. The van der Waals surface area contributed by atoms with Crippen LogP contribution in [0.3, 0.4) is 0 Å². The van der Waals surface area contributed by atoms with E-state index in [2.05, 4.69) is 5.32 Å². The van der Waals surface area contributed by atoms with Gasteiger partial charge in [-0.1, -0.05) is 12.1 Å². The molecule has 3 rings (SSSR count). The number of alkyl halides is 4. The number of ether oxygens (including phenoxy) is 1. The number of hydrogen-bond donors (Lipinski definition) is 1. The minimum Gasteiger partial charge on any atom is -0.493 e. The van der Waals surface area contributed by atoms with E-state index in [1.165, 1.54) is 0 Å². The van der Waals surface area contributed by atoms with Crippen molar-refractivity contribution in [2.75, 3.05) is 25.6 Å². The average Bonchev–Trinajstić information content (AvgIpc) is 3.06. The molecule has 5 nitrogen and oxygen atoms in total. The van der Waals surface area contributed by atoms with Crippen molar-refractivity contribution >= 4 is 23.4 Å². The molecule has 2 heterocycles. The van der Waals surface area contributed by atoms with Crippen LogP contribution in [0.5, 0.6) is 5.75 Å². The van der Waals surface area contributed by atoms with Crippen molar-refractivity contribution in [1.29, 1.82) is 0 Å². The second kappa shape index (κ2) is 7.96. The summed E-state index contributed by atoms with van der Waals surface area (Å²) in [5.41, 5.74) is 1.74. The fourth-order valence-corrected chi connectivity index (χ4v) is 3.62. The molecule has 0 aliphatic carbocycles. The number of rotatable bonds is 4. The zero-order valence-electron chi connectivity index (χ0n) is 14.5. The third-order valence-corrected chi connectivity index (χ3v) is 5.13. The fraction of sp³-hybridized carbons (Fsp3) is 0.556. The molecule has 2 amide bonds. The van der Waals surface area contributed by atoms with Crippen LogP contribution >= 0.6 is 11.6 Å². The van der Waals surface area contributed by atoms with Gasteiger partial charge < -0.3 is 15.0 Å². The van der Waals surface area contributed by atoms with Crippen molar-refractivity contribution in [3.63, 3.8) is 0 Å². The summed E-state index contributed by atoms with van der Waals surface area (Å²) in [5, 5.41) is 2.27. The normalized spacial score (nSPS) is 22.1. The first kappa shape index (κ1) is 19.8. The Labute approximate surface area is 159 Å². The van der Waals surface area contributed by atoms with E-state index in [1.54, 1.807) is 12.1 Å². The lowest BCUT2D eigenvalue weighted by atomic mass is 10.0. The van der Waals surface area contributed by atoms with Crippen LogP contribution in [0, 0.1) is 5.92 Å². The molecule has 0 spiro atoms. The summed E-state index contributed by atoms with van der Waals surface area (Å²) in [4.78, 5) is 25.1. The third kappa shape index (κ3) is 4.66. The van der Waals surface area contributed by atoms with Crippen LogP contribution in [0.2, 0.25) is 0 Å². The monoisotopic (exact) mass is 404 g/mol. The third-order valence-electron chi connectivity index (χ3n) is 4.89. The number of hydrogen-bond acceptors (Lipinski definition) is 3. The number of carbonyl (C=O) groups is 2. The molecule has 1 fully saturated rings. The van der Waals surface area contributed by atoms with Gasteiger partial charge in [-0.3, -0.25) is 9.59 Å². The van der Waals surface area contributed by atoms with Crippen molar-refractivity contribution < 1.29 is 27.5 Å². The van der Waals surface area contributed by atoms with Crippen LogP contribution in [-0.4, -0.2) is 54.5 Å². The zero-order chi connectivity index (χ0) is 19.6. The molecule has 2 atom stereocenters. The number of nitrogens with zero attached hydrogens (tertiary/aromatic N) is 1. The van der Waals surface area contributed by atoms with Gasteiger partial charge in [0.15, 0.2) is 0 Å². The number of amides is 2. The van der Waals surface area contributed by atoms with E-state index >= 15 is 0 Å². The van der Waals surface area contributed by atoms with Gasteiger partial charge in [-0.2, -0.15) is 13.2 Å². The standard InChI is InChI=1S/C18H20ClF3N2O3/c19-8-16(25)23-14-10-24(9-13(14)18(20,21)22)17(26)7-11-3-4-15-12(6-11)2-1-5-27-15/h3-4,6,13-14H,1-2,5,7-10H2,(H,23,25)/t13-,14-/m1/s1. The van der Waals surface area contributed by atoms with Crippen molar-refractivity contribution in [3.8, 4) is 5.75 Å². The Morgan fingerprint density at radius 3 is 2.78 bits per heavy atom. The van der Waals surface area contributed by atoms with Crippen LogP contribution in [0.15, 0.2) is 18.2 Å². The van der Waals surface area contributed by atoms with E-state index in [4.69, 9.17) is 16.3 Å². The lowest BCUT2D eigenvalue weighted by molar-refractivity contribution is -0.176. The maximum atomic E-state index is 13.3. The molecule has 0 aromatic heterocycles. The lowest BCUT2D eigenvalue weighted by Gasteiger charge is -2.21. The number of likely N-dealkylation sites (tertiary alicyclic amines) is 1. The molecule has 1 N–H and O–H groups in total. The largest absolute Gasteiger partial charge is 0.493 e. The first-order valence-electron chi connectivity index (χ1n) is 8.72. The molecule has 9 heteroatoms. The number of fused-ring (bicyclic) bond motifs is 1. The summed E-state index contributed by atoms with van der Waals surface area (Å²) in [5.74, 6) is -2.51. The number of nitrogens with one attached hydrogen (secondary N) is 1. The highest BCUT2D eigenvalue weighted by Gasteiger charge is 2.51. The average molecular weight is 405 g/mol. The van der Waals surface area contributed by atoms with E-state index in [1.807, 2.05) is 6.07 Å². The van der Waals surface area contributed by atoms with Gasteiger partial charge >= 0.3 is 6.18 Å². The molecule has 148 valence electrons. The number of carbonyl (C=O) groups excluding carboxylic acids is 2. The van der Waals surface area contributed by atoms with E-state index in [9.17, 15) is 22.8 Å². The summed E-state index contributed by atoms with van der Waals surface area (Å²) >= 11 is 5.37. The quantitative estimate of drug-likeness (QED) is 0.783. The van der Waals surface area contributed by atoms with Crippen molar-refractivity contribution in [2.45, 2.75) is 31.5 Å². The van der Waals surface area contributed by atoms with E-state index < -0.39 is 42.4 Å². The second-order valence-corrected chi connectivity index (χ2v) is 7.09. The Kier molecular flexibility index (Phi) is 5.83. The Morgan fingerprint density at radius 2 is 2.07 bits per heavy atom. The minimum absolute atomic E-state index is 0.00797. The molecule has 0 bridgehead atoms. The Balaban J connectivity index is 1.68. The second-order valence-electron chi connectivity index (χ2n) is 6.83. The van der Waals surface area contributed by atoms with Gasteiger partial charge in [-0.15, -0.1) is 11.6 Å². The summed E-state index contributed by atoms with van der Waals surface area (Å²) in [6, 6.07) is 4.24. The maximum absolute atomic E-state index is 13.3. The van der Waals surface area contributed by atoms with E-state index in [0.29, 0.717) is 6.61 Å². The number of benzene rings is 1. The predicted octanol–water partition coefficient (Wildman–Crippen LogP) is 2.30. The van der Waals surface area contributed by atoms with Crippen molar-refractivity contribution in [1.82, 2.24) is 10.2 Å². The van der Waals surface area contributed by atoms with Gasteiger partial charge in [0.2, 0.25) is 11.8 Å². The molecule has 1 aromatic rings. The topological polar surface area (TPSA) is 58.6 Å². The van der Waals surface area contributed by atoms with E-state index in [0.717, 1.165) is 34.6 Å². The highest BCUT2D eigenvalue weighted by molar-refractivity contribution is 6.27. The molecule has 27 heavy (non-hydrogen) atoms. The van der Waals surface area contributed by atoms with Gasteiger partial charge in [0, 0.05) is 13.1 Å². The van der Waals surface area contributed by atoms with Gasteiger partial charge in [-0.05, 0) is 30.0 Å². The predicted molar refractivity (Wildman–Crippen MR) is 92.7 cm³/mol. The van der Waals surface area contributed by atoms with Crippen LogP contribution < -0.4 is 10.1 Å². The molecular formula is C18H20ClF3N2O3. The number of halogens is 4. The van der Waals surface area contributed by atoms with Crippen LogP contribution in [-0.2, 0) is 22.4 Å². The molecule has 0 unspecified atom stereocenters. The Hall–Kier alpha value is -1.96. The summed E-state index contributed by atoms with van der Waals surface area (Å²) < 4.78 is 45.4. The lowest BCUT2D eigenvalue weighted by Crippen LogP contribution is -2.45. The molecule has 0 saturated carbocycles. The first-order valence-corrected chi connectivity index (χ1v) is 9.26. The Morgan fingerprint density at radius 1 is 1.30 bits per heavy atom. The molecule has 1 saturated heterocycles. The van der Waals surface area contributed by atoms with Gasteiger partial charge in [0.1, 0.15) is 11.6 Å². The minimum atomic E-state index is -4.51. The Bertz CT molecular complexity index is 726. The summed E-state index contributed by atoms with van der Waals surface area (Å²) in [7, 11) is 0. The molecule has 0 radical (unpaired) electrons. The van der Waals surface area contributed by atoms with Crippen LogP contribution in [0.4, 0.5) is 13.2 Å². The molecule has 2 aliphatic heterocycles. The fourth-order valence-electron chi connectivity index (χ4n) is 3.54. The molecule has 1 aromatic carbocycles. The molecular weight excluding hydrogens is 385 g/mol. The van der Waals surface area contributed by atoms with Gasteiger partial charge in [0.05, 0.1) is 25.0 Å². The van der Waals surface area contributed by atoms with Crippen LogP contribution in [0.1, 0.15) is 17.5 Å². The summed E-state index contributed by atoms with van der Waals surface area (Å²) in [6.45, 7) is 0.0105. The van der Waals surface area contributed by atoms with Crippen molar-refractivity contribution in [3.05, 3.63) is 29.3 Å². The summed E-state index contributed by atoms with van der Waals surface area (Å²) in [6.07, 6.45) is -2.76. The highest BCUT2D eigenvalue weighted by atomic mass is 35.5. The molecule has 2 aliphatic rings. The smallest absolute Gasteiger partial charge is 0.395 e. The first-order chi connectivity index (χ1) is 12.8. The van der Waals surface area contributed by atoms with Gasteiger partial charge in [-0.25, -0.2) is 0 Å². The zero-order valence-corrected chi connectivity index (χ0v) is 15.3. The van der Waals surface area contributed by atoms with Crippen molar-refractivity contribution in [2.24, 2.45) is 5.92 Å². The highest BCUT2D eigenvalue weighted by Crippen LogP contribution is 2.34. The SMILES string of the molecule is O=C(CCl)N[C@@H]1CN(C(=O)Cc2ccc3c(c2)CCCO3)C[C@H]1C(F)(F)F. The van der Waals surface area contributed by atoms with Crippen LogP contribution in [0.25, 0.3) is 0 Å². The number of aryl methyl sites for hydroxylation is 1. The van der Waals surface area contributed by atoms with E-state index in [-0.39, 0.29) is 13.0 Å². The van der Waals surface area contributed by atoms with Gasteiger partial charge in [0.25, 0.3) is 0 Å².